The summed E-state index contributed by atoms with van der Waals surface area (Å²) in [5, 5.41) is 19.3. The number of hydrogen-bond donors (Lipinski definition) is 1. The Morgan fingerprint density at radius 3 is 2.44 bits per heavy atom. The van der Waals surface area contributed by atoms with Gasteiger partial charge in [0.2, 0.25) is 0 Å². The maximum atomic E-state index is 10.9. The molecule has 86 valence electrons. The van der Waals surface area contributed by atoms with Crippen LogP contribution in [0.3, 0.4) is 0 Å². The Balaban J connectivity index is 3.54. The van der Waals surface area contributed by atoms with E-state index in [-0.39, 0.29) is 22.2 Å². The maximum absolute atomic E-state index is 10.9. The second-order valence-electron chi connectivity index (χ2n) is 3.58. The first-order chi connectivity index (χ1) is 7.36. The van der Waals surface area contributed by atoms with Crippen LogP contribution in [0.2, 0.25) is 5.02 Å². The van der Waals surface area contributed by atoms with Gasteiger partial charge in [0.1, 0.15) is 5.02 Å². The van der Waals surface area contributed by atoms with Crippen LogP contribution in [0.15, 0.2) is 12.1 Å². The van der Waals surface area contributed by atoms with Gasteiger partial charge in [-0.3, -0.25) is 10.1 Å². The van der Waals surface area contributed by atoms with Gasteiger partial charge in [-0.2, -0.15) is 0 Å². The molecule has 0 spiro atoms. The number of carboxylic acids is 1. The summed E-state index contributed by atoms with van der Waals surface area (Å²) in [7, 11) is 0. The average molecular weight is 244 g/mol. The number of nitro benzene ring substituents is 1. The number of rotatable bonds is 3. The maximum Gasteiger partial charge on any atom is 0.337 e. The van der Waals surface area contributed by atoms with Gasteiger partial charge in [-0.05, 0) is 12.0 Å². The van der Waals surface area contributed by atoms with E-state index in [1.165, 1.54) is 12.1 Å². The molecule has 5 nitrogen and oxygen atoms in total. The predicted octanol–water partition coefficient (Wildman–Crippen LogP) is 3.07. The predicted molar refractivity (Wildman–Crippen MR) is 59.2 cm³/mol. The van der Waals surface area contributed by atoms with Crippen molar-refractivity contribution in [3.63, 3.8) is 0 Å². The zero-order chi connectivity index (χ0) is 12.5. The quantitative estimate of drug-likeness (QED) is 0.653. The Bertz CT molecular complexity index is 456. The van der Waals surface area contributed by atoms with Crippen LogP contribution in [-0.2, 0) is 0 Å². The molecule has 0 atom stereocenters. The van der Waals surface area contributed by atoms with Crippen LogP contribution in [0, 0.1) is 10.1 Å². The molecule has 0 bridgehead atoms. The number of halogens is 1. The monoisotopic (exact) mass is 243 g/mol. The van der Waals surface area contributed by atoms with E-state index in [1.54, 1.807) is 13.8 Å². The molecule has 0 saturated carbocycles. The minimum atomic E-state index is -1.27. The number of carbonyl (C=O) groups is 1. The standard InChI is InChI=1S/C10H10ClNO4/c1-5(2)6-3-4-7(10(13)14)8(11)9(6)12(15)16/h3-5H,1-2H3,(H,13,14). The molecule has 1 aromatic carbocycles. The van der Waals surface area contributed by atoms with Gasteiger partial charge in [-0.1, -0.05) is 31.5 Å². The molecule has 16 heavy (non-hydrogen) atoms. The molecule has 1 N–H and O–H groups in total. The highest BCUT2D eigenvalue weighted by Crippen LogP contribution is 2.35. The van der Waals surface area contributed by atoms with Gasteiger partial charge in [0.05, 0.1) is 10.5 Å². The largest absolute Gasteiger partial charge is 0.478 e. The van der Waals surface area contributed by atoms with Crippen molar-refractivity contribution in [3.05, 3.63) is 38.4 Å². The first kappa shape index (κ1) is 12.4. The van der Waals surface area contributed by atoms with Crippen molar-refractivity contribution in [3.8, 4) is 0 Å². The SMILES string of the molecule is CC(C)c1ccc(C(=O)O)c(Cl)c1[N+](=O)[O-]. The van der Waals surface area contributed by atoms with E-state index in [2.05, 4.69) is 0 Å². The smallest absolute Gasteiger partial charge is 0.337 e. The minimum absolute atomic E-state index is 0.0965. The van der Waals surface area contributed by atoms with Crippen LogP contribution in [0.25, 0.3) is 0 Å². The molecular weight excluding hydrogens is 234 g/mol. The summed E-state index contributed by atoms with van der Waals surface area (Å²) < 4.78 is 0. The van der Waals surface area contributed by atoms with Gasteiger partial charge in [-0.25, -0.2) is 4.79 Å². The lowest BCUT2D eigenvalue weighted by molar-refractivity contribution is -0.385. The molecule has 0 radical (unpaired) electrons. The number of aromatic carboxylic acids is 1. The number of nitro groups is 1. The summed E-state index contributed by atoms with van der Waals surface area (Å²) in [5.74, 6) is -1.37. The number of carboxylic acid groups (broad SMARTS) is 1. The zero-order valence-electron chi connectivity index (χ0n) is 8.73. The lowest BCUT2D eigenvalue weighted by Crippen LogP contribution is -2.04. The van der Waals surface area contributed by atoms with E-state index in [1.807, 2.05) is 0 Å². The highest BCUT2D eigenvalue weighted by Gasteiger charge is 2.25. The molecule has 0 saturated heterocycles. The molecular formula is C10H10ClNO4. The highest BCUT2D eigenvalue weighted by atomic mass is 35.5. The van der Waals surface area contributed by atoms with Gasteiger partial charge < -0.3 is 5.11 Å². The molecule has 0 heterocycles. The van der Waals surface area contributed by atoms with Crippen LogP contribution in [0.5, 0.6) is 0 Å². The van der Waals surface area contributed by atoms with E-state index < -0.39 is 10.9 Å². The minimum Gasteiger partial charge on any atom is -0.478 e. The molecule has 0 fully saturated rings. The van der Waals surface area contributed by atoms with Crippen molar-refractivity contribution in [2.75, 3.05) is 0 Å². The fourth-order valence-corrected chi connectivity index (χ4v) is 1.72. The van der Waals surface area contributed by atoms with Gasteiger partial charge in [-0.15, -0.1) is 0 Å². The van der Waals surface area contributed by atoms with Crippen LogP contribution in [0.1, 0.15) is 35.7 Å². The third-order valence-electron chi connectivity index (χ3n) is 2.18. The van der Waals surface area contributed by atoms with Crippen molar-refractivity contribution in [1.29, 1.82) is 0 Å². The molecule has 1 rings (SSSR count). The van der Waals surface area contributed by atoms with Gasteiger partial charge in [0, 0.05) is 5.56 Å². The second kappa shape index (κ2) is 4.49. The average Bonchev–Trinajstić information content (AvgIpc) is 2.15. The molecule has 0 aliphatic rings. The Morgan fingerprint density at radius 2 is 2.06 bits per heavy atom. The summed E-state index contributed by atoms with van der Waals surface area (Å²) in [6.45, 7) is 3.55. The third kappa shape index (κ3) is 2.14. The molecule has 0 unspecified atom stereocenters. The summed E-state index contributed by atoms with van der Waals surface area (Å²) in [5.41, 5.74) is -0.144. The first-order valence-electron chi connectivity index (χ1n) is 4.56. The lowest BCUT2D eigenvalue weighted by atomic mass is 9.99. The van der Waals surface area contributed by atoms with E-state index in [0.29, 0.717) is 5.56 Å². The van der Waals surface area contributed by atoms with Gasteiger partial charge in [0.15, 0.2) is 0 Å². The zero-order valence-corrected chi connectivity index (χ0v) is 9.49. The van der Waals surface area contributed by atoms with Crippen LogP contribution in [-0.4, -0.2) is 16.0 Å². The highest BCUT2D eigenvalue weighted by molar-refractivity contribution is 6.35. The fraction of sp³-hybridized carbons (Fsp3) is 0.300. The normalized spacial score (nSPS) is 10.5. The van der Waals surface area contributed by atoms with Crippen molar-refractivity contribution in [2.45, 2.75) is 19.8 Å². The van der Waals surface area contributed by atoms with E-state index in [9.17, 15) is 14.9 Å². The summed E-state index contributed by atoms with van der Waals surface area (Å²) in [4.78, 5) is 21.0. The summed E-state index contributed by atoms with van der Waals surface area (Å²) >= 11 is 5.73. The van der Waals surface area contributed by atoms with Crippen molar-refractivity contribution < 1.29 is 14.8 Å². The number of nitrogens with zero attached hydrogens (tertiary/aromatic N) is 1. The van der Waals surface area contributed by atoms with Crippen molar-refractivity contribution in [1.82, 2.24) is 0 Å². The Morgan fingerprint density at radius 1 is 1.50 bits per heavy atom. The van der Waals surface area contributed by atoms with Crippen LogP contribution >= 0.6 is 11.6 Å². The third-order valence-corrected chi connectivity index (χ3v) is 2.56. The molecule has 6 heteroatoms. The molecule has 0 aliphatic carbocycles. The lowest BCUT2D eigenvalue weighted by Gasteiger charge is -2.09. The molecule has 0 aromatic heterocycles. The Labute approximate surface area is 96.8 Å². The van der Waals surface area contributed by atoms with Gasteiger partial charge >= 0.3 is 5.97 Å². The Kier molecular flexibility index (Phi) is 3.49. The van der Waals surface area contributed by atoms with Crippen molar-refractivity contribution in [2.24, 2.45) is 0 Å². The Hall–Kier alpha value is -1.62. The molecule has 0 aliphatic heterocycles. The van der Waals surface area contributed by atoms with Gasteiger partial charge in [0.25, 0.3) is 5.69 Å². The first-order valence-corrected chi connectivity index (χ1v) is 4.94. The number of benzene rings is 1. The van der Waals surface area contributed by atoms with E-state index in [0.717, 1.165) is 0 Å². The topological polar surface area (TPSA) is 80.4 Å². The van der Waals surface area contributed by atoms with Crippen molar-refractivity contribution >= 4 is 23.3 Å². The summed E-state index contributed by atoms with van der Waals surface area (Å²) in [6, 6.07) is 2.71. The molecule has 0 amide bonds. The van der Waals surface area contributed by atoms with Crippen LogP contribution in [0.4, 0.5) is 5.69 Å². The fourth-order valence-electron chi connectivity index (χ4n) is 1.40. The summed E-state index contributed by atoms with van der Waals surface area (Å²) in [6.07, 6.45) is 0. The van der Waals surface area contributed by atoms with E-state index in [4.69, 9.17) is 16.7 Å². The second-order valence-corrected chi connectivity index (χ2v) is 3.96. The molecule has 1 aromatic rings. The van der Waals surface area contributed by atoms with E-state index >= 15 is 0 Å². The number of hydrogen-bond acceptors (Lipinski definition) is 3. The van der Waals surface area contributed by atoms with Crippen LogP contribution < -0.4 is 0 Å².